The number of aryl methyl sites for hydroxylation is 1. The van der Waals surface area contributed by atoms with Crippen molar-refractivity contribution in [2.75, 3.05) is 0 Å². The number of nitrogens with one attached hydrogen (secondary N) is 1. The van der Waals surface area contributed by atoms with Gasteiger partial charge in [0.2, 0.25) is 5.91 Å². The molecule has 1 atom stereocenters. The maximum atomic E-state index is 13.1. The van der Waals surface area contributed by atoms with E-state index < -0.39 is 0 Å². The molecule has 1 unspecified atom stereocenters. The monoisotopic (exact) mass is 339 g/mol. The van der Waals surface area contributed by atoms with Gasteiger partial charge in [0.05, 0.1) is 17.4 Å². The zero-order chi connectivity index (χ0) is 18.0. The summed E-state index contributed by atoms with van der Waals surface area (Å²) in [4.78, 5) is 20.6. The van der Waals surface area contributed by atoms with Gasteiger partial charge in [0.1, 0.15) is 0 Å². The average Bonchev–Trinajstić information content (AvgIpc) is 3.03. The van der Waals surface area contributed by atoms with Gasteiger partial charge in [-0.25, -0.2) is 4.98 Å². The number of hydrogen-bond acceptors (Lipinski definition) is 2. The van der Waals surface area contributed by atoms with Crippen LogP contribution in [-0.2, 0) is 12.8 Å². The van der Waals surface area contributed by atoms with E-state index in [1.54, 1.807) is 6.33 Å². The zero-order valence-corrected chi connectivity index (χ0v) is 15.9. The highest BCUT2D eigenvalue weighted by molar-refractivity contribution is 5.84. The third-order valence-corrected chi connectivity index (χ3v) is 5.39. The number of carbonyl (C=O) groups is 1. The molecule has 1 N–H and O–H groups in total. The van der Waals surface area contributed by atoms with Crippen LogP contribution in [0.3, 0.4) is 0 Å². The van der Waals surface area contributed by atoms with E-state index >= 15 is 0 Å². The Hall–Kier alpha value is -2.10. The largest absolute Gasteiger partial charge is 0.348 e. The molecular weight excluding hydrogens is 310 g/mol. The first-order valence-electron chi connectivity index (χ1n) is 9.60. The highest BCUT2D eigenvalue weighted by atomic mass is 16.2. The lowest BCUT2D eigenvalue weighted by Gasteiger charge is -2.23. The van der Waals surface area contributed by atoms with Crippen LogP contribution < -0.4 is 10.6 Å². The first-order valence-corrected chi connectivity index (χ1v) is 9.60. The van der Waals surface area contributed by atoms with E-state index in [0.717, 1.165) is 48.8 Å². The zero-order valence-electron chi connectivity index (χ0n) is 15.9. The molecule has 0 amide bonds. The fourth-order valence-corrected chi connectivity index (χ4v) is 4.03. The van der Waals surface area contributed by atoms with Crippen LogP contribution in [0.25, 0.3) is 12.2 Å². The van der Waals surface area contributed by atoms with Gasteiger partial charge < -0.3 is 4.98 Å². The smallest absolute Gasteiger partial charge is 0.234 e. The minimum atomic E-state index is 0.0389. The molecule has 25 heavy (non-hydrogen) atoms. The standard InChI is InChI=1S/C19H23N3O.C2H6/c1-12-15-6-4-3-5-7-18(15)22-17(12)9-8-14(19(22)23)10-16-13(2)20-11-21-16;1-2/h6-7,11,14H,3-5,8-10H2,1-2H3,(H,20,21);1-2H3. The highest BCUT2D eigenvalue weighted by Crippen LogP contribution is 2.24. The maximum Gasteiger partial charge on any atom is 0.234 e. The molecule has 0 spiro atoms. The van der Waals surface area contributed by atoms with Crippen LogP contribution in [0, 0.1) is 19.8 Å². The van der Waals surface area contributed by atoms with Gasteiger partial charge in [-0.1, -0.05) is 26.0 Å². The summed E-state index contributed by atoms with van der Waals surface area (Å²) in [7, 11) is 0. The molecule has 4 heteroatoms. The number of imidazole rings is 1. The number of rotatable bonds is 2. The summed E-state index contributed by atoms with van der Waals surface area (Å²) in [6.45, 7) is 8.20. The van der Waals surface area contributed by atoms with Crippen LogP contribution >= 0.6 is 0 Å². The van der Waals surface area contributed by atoms with E-state index in [0.29, 0.717) is 0 Å². The molecule has 0 fully saturated rings. The summed E-state index contributed by atoms with van der Waals surface area (Å²) >= 11 is 0. The van der Waals surface area contributed by atoms with Crippen LogP contribution in [0.5, 0.6) is 0 Å². The Morgan fingerprint density at radius 1 is 1.24 bits per heavy atom. The number of aromatic amines is 1. The Labute approximate surface area is 149 Å². The molecule has 1 aliphatic carbocycles. The molecule has 1 aliphatic heterocycles. The Kier molecular flexibility index (Phi) is 5.26. The van der Waals surface area contributed by atoms with Gasteiger partial charge in [-0.15, -0.1) is 0 Å². The van der Waals surface area contributed by atoms with Gasteiger partial charge in [-0.05, 0) is 56.7 Å². The second kappa shape index (κ2) is 7.42. The number of H-pyrrole nitrogens is 1. The number of carbonyl (C=O) groups excluding carboxylic acids is 1. The molecular formula is C21H29N3O. The first-order chi connectivity index (χ1) is 12.2. The molecule has 0 bridgehead atoms. The van der Waals surface area contributed by atoms with Crippen molar-refractivity contribution in [3.8, 4) is 0 Å². The molecule has 2 aliphatic rings. The van der Waals surface area contributed by atoms with Crippen LogP contribution in [0.4, 0.5) is 0 Å². The van der Waals surface area contributed by atoms with E-state index in [1.807, 2.05) is 25.3 Å². The lowest BCUT2D eigenvalue weighted by molar-refractivity contribution is 0.0798. The summed E-state index contributed by atoms with van der Waals surface area (Å²) in [5.41, 5.74) is 4.63. The molecule has 3 heterocycles. The van der Waals surface area contributed by atoms with Gasteiger partial charge in [-0.2, -0.15) is 0 Å². The van der Waals surface area contributed by atoms with Gasteiger partial charge in [-0.3, -0.25) is 9.36 Å². The minimum absolute atomic E-state index is 0.0389. The molecule has 4 nitrogen and oxygen atoms in total. The summed E-state index contributed by atoms with van der Waals surface area (Å²) < 4.78 is 2.02. The fourth-order valence-electron chi connectivity index (χ4n) is 4.03. The van der Waals surface area contributed by atoms with Crippen molar-refractivity contribution in [2.45, 2.75) is 66.2 Å². The molecule has 2 aromatic rings. The molecule has 134 valence electrons. The molecule has 4 rings (SSSR count). The first kappa shape index (κ1) is 17.7. The van der Waals surface area contributed by atoms with Crippen molar-refractivity contribution in [3.05, 3.63) is 39.5 Å². The summed E-state index contributed by atoms with van der Waals surface area (Å²) in [5, 5.41) is 2.44. The quantitative estimate of drug-likeness (QED) is 0.914. The van der Waals surface area contributed by atoms with Gasteiger partial charge >= 0.3 is 0 Å². The summed E-state index contributed by atoms with van der Waals surface area (Å²) in [5.74, 6) is 0.293. The summed E-state index contributed by atoms with van der Waals surface area (Å²) in [6, 6.07) is 0. The highest BCUT2D eigenvalue weighted by Gasteiger charge is 2.30. The number of aromatic nitrogens is 3. The second-order valence-electron chi connectivity index (χ2n) is 6.80. The number of hydrogen-bond donors (Lipinski definition) is 1. The van der Waals surface area contributed by atoms with Crippen LogP contribution in [-0.4, -0.2) is 20.4 Å². The average molecular weight is 339 g/mol. The van der Waals surface area contributed by atoms with Crippen molar-refractivity contribution in [2.24, 2.45) is 5.92 Å². The summed E-state index contributed by atoms with van der Waals surface area (Å²) in [6.07, 6.45) is 12.3. The Morgan fingerprint density at radius 3 is 2.72 bits per heavy atom. The van der Waals surface area contributed by atoms with Gasteiger partial charge in [0.25, 0.3) is 0 Å². The van der Waals surface area contributed by atoms with E-state index in [2.05, 4.69) is 29.0 Å². The van der Waals surface area contributed by atoms with E-state index in [4.69, 9.17) is 0 Å². The van der Waals surface area contributed by atoms with Crippen molar-refractivity contribution in [1.82, 2.24) is 14.5 Å². The normalized spacial score (nSPS) is 18.9. The van der Waals surface area contributed by atoms with Crippen LogP contribution in [0.15, 0.2) is 6.33 Å². The Balaban J connectivity index is 0.000000880. The Bertz CT molecular complexity index is 885. The molecule has 0 aromatic carbocycles. The molecule has 2 aromatic heterocycles. The fraction of sp³-hybridized carbons (Fsp3) is 0.524. The van der Waals surface area contributed by atoms with E-state index in [-0.39, 0.29) is 11.8 Å². The van der Waals surface area contributed by atoms with Gasteiger partial charge in [0.15, 0.2) is 0 Å². The molecule has 0 radical (unpaired) electrons. The lowest BCUT2D eigenvalue weighted by atomic mass is 9.91. The van der Waals surface area contributed by atoms with Crippen molar-refractivity contribution >= 4 is 18.1 Å². The van der Waals surface area contributed by atoms with Crippen LogP contribution in [0.2, 0.25) is 0 Å². The number of fused-ring (bicyclic) bond motifs is 3. The van der Waals surface area contributed by atoms with Crippen molar-refractivity contribution in [3.63, 3.8) is 0 Å². The predicted octanol–water partition coefficient (Wildman–Crippen LogP) is 3.04. The molecule has 0 saturated heterocycles. The SMILES string of the molecule is CC.Cc1[nH]cnc1CC1CCc2c(C)c3c(n2C1=O)=CCCCC=3. The Morgan fingerprint density at radius 2 is 2.00 bits per heavy atom. The van der Waals surface area contributed by atoms with E-state index in [1.165, 1.54) is 22.9 Å². The molecule has 0 saturated carbocycles. The topological polar surface area (TPSA) is 50.7 Å². The third-order valence-electron chi connectivity index (χ3n) is 5.39. The third kappa shape index (κ3) is 3.10. The lowest BCUT2D eigenvalue weighted by Crippen LogP contribution is -2.39. The van der Waals surface area contributed by atoms with Crippen LogP contribution in [0.1, 0.15) is 67.0 Å². The van der Waals surface area contributed by atoms with Gasteiger partial charge in [0, 0.05) is 23.7 Å². The maximum absolute atomic E-state index is 13.1. The predicted molar refractivity (Wildman–Crippen MR) is 102 cm³/mol. The minimum Gasteiger partial charge on any atom is -0.348 e. The van der Waals surface area contributed by atoms with E-state index in [9.17, 15) is 4.79 Å². The van der Waals surface area contributed by atoms with Crippen molar-refractivity contribution in [1.29, 1.82) is 0 Å². The van der Waals surface area contributed by atoms with Crippen molar-refractivity contribution < 1.29 is 4.79 Å². The second-order valence-corrected chi connectivity index (χ2v) is 6.80. The number of nitrogens with zero attached hydrogens (tertiary/aromatic N) is 2.